The first-order chi connectivity index (χ1) is 8.70. The standard InChI is InChI=1S/C14H19N3O/c1-10-4-3-5-11-13(10)14(18)16(2)12-6-7-15-8-9-17(11)12/h3-5,12,15H,6-9H2,1-2H3/t12-/m1/s1. The first-order valence-corrected chi connectivity index (χ1v) is 6.54. The van der Waals surface area contributed by atoms with Crippen LogP contribution in [0.4, 0.5) is 5.69 Å². The van der Waals surface area contributed by atoms with Gasteiger partial charge in [0.05, 0.1) is 11.3 Å². The van der Waals surface area contributed by atoms with Gasteiger partial charge in [-0.1, -0.05) is 12.1 Å². The van der Waals surface area contributed by atoms with Crippen molar-refractivity contribution >= 4 is 11.6 Å². The predicted molar refractivity (Wildman–Crippen MR) is 71.9 cm³/mol. The molecule has 1 saturated heterocycles. The van der Waals surface area contributed by atoms with Crippen molar-refractivity contribution in [2.75, 3.05) is 31.6 Å². The summed E-state index contributed by atoms with van der Waals surface area (Å²) in [5.41, 5.74) is 3.05. The molecule has 0 radical (unpaired) electrons. The number of amides is 1. The molecule has 0 unspecified atom stereocenters. The fourth-order valence-corrected chi connectivity index (χ4v) is 3.03. The van der Waals surface area contributed by atoms with Gasteiger partial charge in [0.2, 0.25) is 0 Å². The van der Waals surface area contributed by atoms with Gasteiger partial charge < -0.3 is 15.1 Å². The molecule has 2 aliphatic rings. The molecule has 1 atom stereocenters. The Hall–Kier alpha value is -1.55. The van der Waals surface area contributed by atoms with Crippen LogP contribution in [0, 0.1) is 6.92 Å². The molecule has 0 aromatic heterocycles. The topological polar surface area (TPSA) is 35.6 Å². The maximum Gasteiger partial charge on any atom is 0.257 e. The maximum absolute atomic E-state index is 12.5. The van der Waals surface area contributed by atoms with E-state index in [4.69, 9.17) is 0 Å². The van der Waals surface area contributed by atoms with Crippen molar-refractivity contribution in [3.63, 3.8) is 0 Å². The monoisotopic (exact) mass is 245 g/mol. The van der Waals surface area contributed by atoms with E-state index in [1.165, 1.54) is 0 Å². The van der Waals surface area contributed by atoms with Crippen molar-refractivity contribution in [3.8, 4) is 0 Å². The lowest BCUT2D eigenvalue weighted by atomic mass is 10.00. The summed E-state index contributed by atoms with van der Waals surface area (Å²) in [6.45, 7) is 4.92. The number of hydrogen-bond acceptors (Lipinski definition) is 3. The number of nitrogens with one attached hydrogen (secondary N) is 1. The summed E-state index contributed by atoms with van der Waals surface area (Å²) in [5, 5.41) is 3.40. The van der Waals surface area contributed by atoms with E-state index in [0.717, 1.165) is 42.9 Å². The third kappa shape index (κ3) is 1.60. The molecular formula is C14H19N3O. The normalized spacial score (nSPS) is 23.4. The number of benzene rings is 1. The average Bonchev–Trinajstić information content (AvgIpc) is 2.61. The Morgan fingerprint density at radius 3 is 3.00 bits per heavy atom. The van der Waals surface area contributed by atoms with Crippen molar-refractivity contribution in [1.29, 1.82) is 0 Å². The Morgan fingerprint density at radius 2 is 2.17 bits per heavy atom. The Balaban J connectivity index is 2.13. The van der Waals surface area contributed by atoms with Gasteiger partial charge in [0.15, 0.2) is 0 Å². The molecule has 0 spiro atoms. The van der Waals surface area contributed by atoms with Crippen LogP contribution in [0.5, 0.6) is 0 Å². The zero-order valence-corrected chi connectivity index (χ0v) is 10.9. The van der Waals surface area contributed by atoms with Crippen molar-refractivity contribution in [3.05, 3.63) is 29.3 Å². The predicted octanol–water partition coefficient (Wildman–Crippen LogP) is 1.21. The average molecular weight is 245 g/mol. The number of nitrogens with zero attached hydrogens (tertiary/aromatic N) is 2. The number of carbonyl (C=O) groups excluding carboxylic acids is 1. The van der Waals surface area contributed by atoms with E-state index < -0.39 is 0 Å². The van der Waals surface area contributed by atoms with E-state index in [1.807, 2.05) is 31.0 Å². The summed E-state index contributed by atoms with van der Waals surface area (Å²) in [7, 11) is 1.92. The smallest absolute Gasteiger partial charge is 0.257 e. The highest BCUT2D eigenvalue weighted by atomic mass is 16.2. The fraction of sp³-hybridized carbons (Fsp3) is 0.500. The molecule has 3 rings (SSSR count). The lowest BCUT2D eigenvalue weighted by Gasteiger charge is -2.43. The zero-order chi connectivity index (χ0) is 12.7. The minimum atomic E-state index is 0.159. The van der Waals surface area contributed by atoms with Gasteiger partial charge in [-0.05, 0) is 31.5 Å². The number of anilines is 1. The molecule has 0 bridgehead atoms. The molecule has 1 N–H and O–H groups in total. The molecule has 18 heavy (non-hydrogen) atoms. The molecule has 0 saturated carbocycles. The highest BCUT2D eigenvalue weighted by Gasteiger charge is 2.36. The van der Waals surface area contributed by atoms with Crippen LogP contribution in [0.3, 0.4) is 0 Å². The second-order valence-corrected chi connectivity index (χ2v) is 5.10. The van der Waals surface area contributed by atoms with Crippen molar-refractivity contribution in [2.24, 2.45) is 0 Å². The van der Waals surface area contributed by atoms with Gasteiger partial charge in [-0.25, -0.2) is 0 Å². The summed E-state index contributed by atoms with van der Waals surface area (Å²) in [6, 6.07) is 6.13. The van der Waals surface area contributed by atoms with Gasteiger partial charge in [0.25, 0.3) is 5.91 Å². The van der Waals surface area contributed by atoms with E-state index in [2.05, 4.69) is 16.3 Å². The fourth-order valence-electron chi connectivity index (χ4n) is 3.03. The number of aryl methyl sites for hydroxylation is 1. The number of fused-ring (bicyclic) bond motifs is 3. The largest absolute Gasteiger partial charge is 0.349 e. The van der Waals surface area contributed by atoms with E-state index in [9.17, 15) is 4.79 Å². The zero-order valence-electron chi connectivity index (χ0n) is 10.9. The molecule has 1 aromatic carbocycles. The lowest BCUT2D eigenvalue weighted by molar-refractivity contribution is 0.0704. The number of hydrogen-bond donors (Lipinski definition) is 1. The highest BCUT2D eigenvalue weighted by Crippen LogP contribution is 2.33. The van der Waals surface area contributed by atoms with Crippen LogP contribution < -0.4 is 10.2 Å². The van der Waals surface area contributed by atoms with E-state index in [-0.39, 0.29) is 12.1 Å². The van der Waals surface area contributed by atoms with Gasteiger partial charge in [-0.15, -0.1) is 0 Å². The van der Waals surface area contributed by atoms with Gasteiger partial charge in [-0.2, -0.15) is 0 Å². The summed E-state index contributed by atoms with van der Waals surface area (Å²) >= 11 is 0. The van der Waals surface area contributed by atoms with Crippen LogP contribution in [-0.2, 0) is 0 Å². The van der Waals surface area contributed by atoms with E-state index >= 15 is 0 Å². The molecule has 2 aliphatic heterocycles. The molecule has 4 nitrogen and oxygen atoms in total. The molecule has 1 aromatic rings. The number of carbonyl (C=O) groups is 1. The molecule has 1 amide bonds. The van der Waals surface area contributed by atoms with Crippen molar-refractivity contribution in [1.82, 2.24) is 10.2 Å². The minimum Gasteiger partial charge on any atom is -0.349 e. The Labute approximate surface area is 108 Å². The molecule has 1 fully saturated rings. The molecule has 0 aliphatic carbocycles. The molecule has 96 valence electrons. The summed E-state index contributed by atoms with van der Waals surface area (Å²) in [6.07, 6.45) is 1.18. The van der Waals surface area contributed by atoms with Gasteiger partial charge in [-0.3, -0.25) is 4.79 Å². The van der Waals surface area contributed by atoms with Crippen LogP contribution in [0.2, 0.25) is 0 Å². The third-order valence-electron chi connectivity index (χ3n) is 4.01. The van der Waals surface area contributed by atoms with Gasteiger partial charge >= 0.3 is 0 Å². The molecule has 2 heterocycles. The number of rotatable bonds is 0. The van der Waals surface area contributed by atoms with Crippen molar-refractivity contribution in [2.45, 2.75) is 19.5 Å². The Bertz CT molecular complexity index is 486. The van der Waals surface area contributed by atoms with Crippen LogP contribution in [0.1, 0.15) is 22.3 Å². The van der Waals surface area contributed by atoms with Gasteiger partial charge in [0, 0.05) is 20.1 Å². The minimum absolute atomic E-state index is 0.159. The van der Waals surface area contributed by atoms with Crippen molar-refractivity contribution < 1.29 is 4.79 Å². The third-order valence-corrected chi connectivity index (χ3v) is 4.01. The van der Waals surface area contributed by atoms with Crippen LogP contribution in [0.15, 0.2) is 18.2 Å². The van der Waals surface area contributed by atoms with Crippen LogP contribution in [-0.4, -0.2) is 43.7 Å². The van der Waals surface area contributed by atoms with Crippen LogP contribution in [0.25, 0.3) is 0 Å². The second kappa shape index (κ2) is 4.28. The Kier molecular flexibility index (Phi) is 2.74. The first kappa shape index (κ1) is 11.5. The SMILES string of the molecule is Cc1cccc2c1C(=O)N(C)[C@H]1CCNCCN21. The second-order valence-electron chi connectivity index (χ2n) is 5.10. The highest BCUT2D eigenvalue weighted by molar-refractivity contribution is 6.03. The summed E-state index contributed by atoms with van der Waals surface area (Å²) in [4.78, 5) is 16.7. The van der Waals surface area contributed by atoms with E-state index in [1.54, 1.807) is 0 Å². The molecular weight excluding hydrogens is 226 g/mol. The van der Waals surface area contributed by atoms with Gasteiger partial charge in [0.1, 0.15) is 6.17 Å². The maximum atomic E-state index is 12.5. The lowest BCUT2D eigenvalue weighted by Crippen LogP contribution is -2.54. The van der Waals surface area contributed by atoms with E-state index in [0.29, 0.717) is 0 Å². The Morgan fingerprint density at radius 1 is 1.33 bits per heavy atom. The van der Waals surface area contributed by atoms with Crippen LogP contribution >= 0.6 is 0 Å². The quantitative estimate of drug-likeness (QED) is 0.746. The summed E-state index contributed by atoms with van der Waals surface area (Å²) in [5.74, 6) is 0.159. The first-order valence-electron chi connectivity index (χ1n) is 6.54. The molecule has 4 heteroatoms. The summed E-state index contributed by atoms with van der Waals surface area (Å²) < 4.78 is 0.